The number of aromatic nitrogens is 2. The molecule has 0 saturated heterocycles. The molecule has 6 nitrogen and oxygen atoms in total. The van der Waals surface area contributed by atoms with Gasteiger partial charge in [-0.1, -0.05) is 59.4 Å². The Morgan fingerprint density at radius 3 is 2.69 bits per heavy atom. The zero-order chi connectivity index (χ0) is 24.9. The van der Waals surface area contributed by atoms with Crippen LogP contribution in [-0.4, -0.2) is 21.1 Å². The van der Waals surface area contributed by atoms with Crippen molar-refractivity contribution in [2.45, 2.75) is 20.0 Å². The molecule has 0 fully saturated rings. The predicted octanol–water partition coefficient (Wildman–Crippen LogP) is 8.45. The highest BCUT2D eigenvalue weighted by atomic mass is 35.5. The summed E-state index contributed by atoms with van der Waals surface area (Å²) in [5, 5.41) is 13.1. The van der Waals surface area contributed by atoms with E-state index in [1.807, 2.05) is 66.7 Å². The number of benzene rings is 3. The van der Waals surface area contributed by atoms with Gasteiger partial charge in [0.25, 0.3) is 5.69 Å². The molecule has 2 heterocycles. The Labute approximate surface area is 224 Å². The van der Waals surface area contributed by atoms with Crippen LogP contribution in [0, 0.1) is 10.1 Å². The highest BCUT2D eigenvalue weighted by molar-refractivity contribution is 8.00. The molecule has 0 radical (unpaired) electrons. The Balaban J connectivity index is 1.30. The number of nitro groups is 1. The monoisotopic (exact) mass is 548 g/mol. The Kier molecular flexibility index (Phi) is 7.62. The van der Waals surface area contributed by atoms with Gasteiger partial charge in [-0.05, 0) is 59.7 Å². The predicted molar refractivity (Wildman–Crippen MR) is 149 cm³/mol. The molecular weight excluding hydrogens is 532 g/mol. The van der Waals surface area contributed by atoms with E-state index in [-0.39, 0.29) is 10.6 Å². The maximum absolute atomic E-state index is 11.7. The number of rotatable bonds is 8. The summed E-state index contributed by atoms with van der Waals surface area (Å²) in [5.41, 5.74) is 3.54. The summed E-state index contributed by atoms with van der Waals surface area (Å²) in [7, 11) is 0. The highest BCUT2D eigenvalue weighted by Gasteiger charge is 2.16. The normalized spacial score (nSPS) is 11.4. The topological polar surface area (TPSA) is 81.3 Å². The smallest absolute Gasteiger partial charge is 0.258 e. The molecule has 178 valence electrons. The van der Waals surface area contributed by atoms with Crippen molar-refractivity contribution >= 4 is 74.3 Å². The molecule has 0 N–H and O–H groups in total. The Morgan fingerprint density at radius 1 is 1.06 bits per heavy atom. The number of fused-ring (bicyclic) bond motifs is 1. The van der Waals surface area contributed by atoms with Crippen molar-refractivity contribution in [3.63, 3.8) is 0 Å². The second-order valence-corrected chi connectivity index (χ2v) is 11.3. The zero-order valence-electron chi connectivity index (χ0n) is 18.6. The van der Waals surface area contributed by atoms with Gasteiger partial charge in [0.05, 0.1) is 25.7 Å². The van der Waals surface area contributed by atoms with E-state index in [1.165, 1.54) is 23.4 Å². The lowest BCUT2D eigenvalue weighted by Crippen LogP contribution is -1.93. The van der Waals surface area contributed by atoms with Gasteiger partial charge in [0.1, 0.15) is 5.03 Å². The molecule has 0 bridgehead atoms. The van der Waals surface area contributed by atoms with Crippen molar-refractivity contribution < 1.29 is 4.92 Å². The molecule has 0 unspecified atom stereocenters. The first kappa shape index (κ1) is 24.5. The molecule has 10 heteroatoms. The second-order valence-electron chi connectivity index (χ2n) is 7.56. The van der Waals surface area contributed by atoms with Crippen molar-refractivity contribution in [2.24, 2.45) is 4.99 Å². The van der Waals surface area contributed by atoms with E-state index >= 15 is 0 Å². The van der Waals surface area contributed by atoms with Gasteiger partial charge in [0.15, 0.2) is 4.34 Å². The van der Waals surface area contributed by atoms with Gasteiger partial charge in [-0.2, -0.15) is 0 Å². The van der Waals surface area contributed by atoms with Crippen LogP contribution < -0.4 is 0 Å². The molecule has 5 rings (SSSR count). The van der Waals surface area contributed by atoms with Gasteiger partial charge in [0.2, 0.25) is 0 Å². The van der Waals surface area contributed by atoms with Gasteiger partial charge < -0.3 is 0 Å². The average molecular weight is 549 g/mol. The number of pyridine rings is 1. The molecule has 0 aliphatic carbocycles. The number of hydrogen-bond donors (Lipinski definition) is 0. The molecule has 2 aromatic heterocycles. The molecule has 0 amide bonds. The average Bonchev–Trinajstić information content (AvgIpc) is 3.30. The molecular formula is C26H17ClN4O2S3. The first-order valence-corrected chi connectivity index (χ1v) is 13.7. The maximum atomic E-state index is 11.7. The maximum Gasteiger partial charge on any atom is 0.283 e. The van der Waals surface area contributed by atoms with Gasteiger partial charge >= 0.3 is 0 Å². The number of thiazole rings is 1. The molecule has 5 aromatic rings. The van der Waals surface area contributed by atoms with Gasteiger partial charge in [-0.15, -0.1) is 11.3 Å². The van der Waals surface area contributed by atoms with Crippen molar-refractivity contribution in [1.82, 2.24) is 9.97 Å². The lowest BCUT2D eigenvalue weighted by molar-refractivity contribution is -0.387. The van der Waals surface area contributed by atoms with Crippen molar-refractivity contribution in [3.8, 4) is 0 Å². The number of halogens is 1. The Bertz CT molecular complexity index is 1560. The fourth-order valence-electron chi connectivity index (χ4n) is 3.27. The van der Waals surface area contributed by atoms with E-state index in [1.54, 1.807) is 41.6 Å². The minimum atomic E-state index is -0.380. The number of thioether (sulfide) groups is 1. The largest absolute Gasteiger partial charge is 0.283 e. The standard InChI is InChI=1S/C26H17ClN4O2S3/c27-19-7-4-17(5-8-19)16-34-26-30-21-10-9-20(14-24(21)36-26)29-15-18-6-11-23(22(13-18)31(32)33)35-25-3-1-2-12-28-25/h1-15H,16H2. The van der Waals surface area contributed by atoms with Crippen LogP contribution in [0.2, 0.25) is 5.02 Å². The Hall–Kier alpha value is -3.24. The van der Waals surface area contributed by atoms with Crippen LogP contribution in [0.3, 0.4) is 0 Å². The van der Waals surface area contributed by atoms with Gasteiger partial charge in [0, 0.05) is 29.3 Å². The van der Waals surface area contributed by atoms with Crippen LogP contribution in [-0.2, 0) is 5.75 Å². The third-order valence-electron chi connectivity index (χ3n) is 5.02. The van der Waals surface area contributed by atoms with E-state index in [0.717, 1.165) is 31.0 Å². The minimum absolute atomic E-state index is 0.0230. The molecule has 0 spiro atoms. The van der Waals surface area contributed by atoms with E-state index < -0.39 is 0 Å². The first-order chi connectivity index (χ1) is 17.5. The SMILES string of the molecule is O=[N+]([O-])c1cc(C=Nc2ccc3nc(SCc4ccc(Cl)cc4)sc3c2)ccc1Sc1ccccn1. The number of aliphatic imine (C=N–C) groups is 1. The third kappa shape index (κ3) is 6.11. The number of nitro benzene ring substituents is 1. The van der Waals surface area contributed by atoms with Crippen LogP contribution in [0.5, 0.6) is 0 Å². The summed E-state index contributed by atoms with van der Waals surface area (Å²) in [6.07, 6.45) is 3.30. The van der Waals surface area contributed by atoms with Crippen LogP contribution in [0.15, 0.2) is 104 Å². The van der Waals surface area contributed by atoms with Gasteiger partial charge in [-0.3, -0.25) is 15.1 Å². The molecule has 3 aromatic carbocycles. The molecule has 0 aliphatic heterocycles. The zero-order valence-corrected chi connectivity index (χ0v) is 21.8. The van der Waals surface area contributed by atoms with Crippen LogP contribution in [0.25, 0.3) is 10.2 Å². The quantitative estimate of drug-likeness (QED) is 0.0837. The van der Waals surface area contributed by atoms with Crippen LogP contribution in [0.4, 0.5) is 11.4 Å². The lowest BCUT2D eigenvalue weighted by atomic mass is 10.2. The van der Waals surface area contributed by atoms with Crippen LogP contribution in [0.1, 0.15) is 11.1 Å². The summed E-state index contributed by atoms with van der Waals surface area (Å²) in [6.45, 7) is 0. The minimum Gasteiger partial charge on any atom is -0.258 e. The molecule has 0 saturated carbocycles. The van der Waals surface area contributed by atoms with E-state index in [0.29, 0.717) is 15.5 Å². The van der Waals surface area contributed by atoms with Crippen LogP contribution >= 0.6 is 46.5 Å². The molecule has 0 atom stereocenters. The fourth-order valence-corrected chi connectivity index (χ4v) is 6.32. The first-order valence-electron chi connectivity index (χ1n) is 10.7. The molecule has 36 heavy (non-hydrogen) atoms. The lowest BCUT2D eigenvalue weighted by Gasteiger charge is -2.03. The van der Waals surface area contributed by atoms with Crippen molar-refractivity contribution in [1.29, 1.82) is 0 Å². The fraction of sp³-hybridized carbons (Fsp3) is 0.0385. The highest BCUT2D eigenvalue weighted by Crippen LogP contribution is 2.35. The van der Waals surface area contributed by atoms with E-state index in [2.05, 4.69) is 9.98 Å². The Morgan fingerprint density at radius 2 is 1.92 bits per heavy atom. The summed E-state index contributed by atoms with van der Waals surface area (Å²) >= 11 is 10.5. The van der Waals surface area contributed by atoms with E-state index in [9.17, 15) is 10.1 Å². The van der Waals surface area contributed by atoms with Crippen molar-refractivity contribution in [3.05, 3.63) is 111 Å². The number of nitrogens with zero attached hydrogens (tertiary/aromatic N) is 4. The molecule has 0 aliphatic rings. The van der Waals surface area contributed by atoms with E-state index in [4.69, 9.17) is 16.6 Å². The third-order valence-corrected chi connectivity index (χ3v) is 8.52. The summed E-state index contributed by atoms with van der Waals surface area (Å²) in [6, 6.07) is 24.2. The summed E-state index contributed by atoms with van der Waals surface area (Å²) in [4.78, 5) is 25.3. The van der Waals surface area contributed by atoms with Gasteiger partial charge in [-0.25, -0.2) is 9.97 Å². The van der Waals surface area contributed by atoms with Crippen molar-refractivity contribution in [2.75, 3.05) is 0 Å². The second kappa shape index (κ2) is 11.2. The summed E-state index contributed by atoms with van der Waals surface area (Å²) in [5.74, 6) is 0.815. The number of hydrogen-bond acceptors (Lipinski definition) is 8. The summed E-state index contributed by atoms with van der Waals surface area (Å²) < 4.78 is 2.02.